The van der Waals surface area contributed by atoms with Gasteiger partial charge in [0.2, 0.25) is 0 Å². The molecule has 3 aromatic heterocycles. The maximum Gasteiger partial charge on any atom is 0.159 e. The first-order valence-corrected chi connectivity index (χ1v) is 7.90. The fourth-order valence-corrected chi connectivity index (χ4v) is 2.42. The van der Waals surface area contributed by atoms with Gasteiger partial charge < -0.3 is 4.98 Å². The van der Waals surface area contributed by atoms with Crippen molar-refractivity contribution in [2.45, 2.75) is 0 Å². The second kappa shape index (κ2) is 6.88. The van der Waals surface area contributed by atoms with Crippen LogP contribution in [-0.4, -0.2) is 24.9 Å². The molecule has 0 bridgehead atoms. The molecule has 0 atom stereocenters. The van der Waals surface area contributed by atoms with E-state index in [1.165, 1.54) is 0 Å². The molecule has 1 aromatic carbocycles. The summed E-state index contributed by atoms with van der Waals surface area (Å²) >= 11 is 0. The SMILES string of the molecule is C(=Cc1nc(-c2cnc(-c3ccccc3)nc2)c[nH]1)c1ccncc1. The normalized spacial score (nSPS) is 11.0. The number of nitrogens with one attached hydrogen (secondary N) is 1. The van der Waals surface area contributed by atoms with Crippen LogP contribution in [0.5, 0.6) is 0 Å². The Morgan fingerprint density at radius 3 is 2.32 bits per heavy atom. The third-order valence-electron chi connectivity index (χ3n) is 3.72. The predicted molar refractivity (Wildman–Crippen MR) is 98.2 cm³/mol. The molecular formula is C20H15N5. The van der Waals surface area contributed by atoms with E-state index in [9.17, 15) is 0 Å². The molecule has 120 valence electrons. The molecular weight excluding hydrogens is 310 g/mol. The van der Waals surface area contributed by atoms with Gasteiger partial charge in [0.15, 0.2) is 5.82 Å². The van der Waals surface area contributed by atoms with E-state index in [0.29, 0.717) is 5.82 Å². The third kappa shape index (κ3) is 3.50. The summed E-state index contributed by atoms with van der Waals surface area (Å²) in [6.45, 7) is 0. The quantitative estimate of drug-likeness (QED) is 0.613. The Kier molecular flexibility index (Phi) is 4.12. The van der Waals surface area contributed by atoms with Crippen molar-refractivity contribution in [3.05, 3.63) is 84.8 Å². The Bertz CT molecular complexity index is 974. The highest BCUT2D eigenvalue weighted by Crippen LogP contribution is 2.19. The Morgan fingerprint density at radius 2 is 1.56 bits per heavy atom. The van der Waals surface area contributed by atoms with Crippen molar-refractivity contribution >= 4 is 12.2 Å². The van der Waals surface area contributed by atoms with E-state index >= 15 is 0 Å². The van der Waals surface area contributed by atoms with Gasteiger partial charge in [0.05, 0.1) is 5.69 Å². The lowest BCUT2D eigenvalue weighted by atomic mass is 10.2. The summed E-state index contributed by atoms with van der Waals surface area (Å²) < 4.78 is 0. The van der Waals surface area contributed by atoms with Crippen LogP contribution in [0.25, 0.3) is 34.8 Å². The zero-order valence-corrected chi connectivity index (χ0v) is 13.4. The van der Waals surface area contributed by atoms with Crippen LogP contribution in [0.4, 0.5) is 0 Å². The summed E-state index contributed by atoms with van der Waals surface area (Å²) in [4.78, 5) is 20.6. The van der Waals surface area contributed by atoms with Crippen molar-refractivity contribution in [1.82, 2.24) is 24.9 Å². The van der Waals surface area contributed by atoms with Gasteiger partial charge in [0.1, 0.15) is 5.82 Å². The van der Waals surface area contributed by atoms with Crippen LogP contribution in [0.2, 0.25) is 0 Å². The lowest BCUT2D eigenvalue weighted by Crippen LogP contribution is -1.89. The van der Waals surface area contributed by atoms with E-state index < -0.39 is 0 Å². The number of pyridine rings is 1. The summed E-state index contributed by atoms with van der Waals surface area (Å²) in [5.74, 6) is 1.48. The molecule has 0 unspecified atom stereocenters. The van der Waals surface area contributed by atoms with Crippen molar-refractivity contribution in [3.8, 4) is 22.6 Å². The third-order valence-corrected chi connectivity index (χ3v) is 3.72. The molecule has 0 aliphatic rings. The number of hydrogen-bond acceptors (Lipinski definition) is 4. The number of benzene rings is 1. The van der Waals surface area contributed by atoms with Crippen molar-refractivity contribution in [1.29, 1.82) is 0 Å². The van der Waals surface area contributed by atoms with E-state index in [-0.39, 0.29) is 0 Å². The molecule has 0 aliphatic heterocycles. The van der Waals surface area contributed by atoms with Crippen LogP contribution in [0.15, 0.2) is 73.4 Å². The van der Waals surface area contributed by atoms with Gasteiger partial charge >= 0.3 is 0 Å². The fraction of sp³-hybridized carbons (Fsp3) is 0. The van der Waals surface area contributed by atoms with Crippen molar-refractivity contribution in [2.75, 3.05) is 0 Å². The van der Waals surface area contributed by atoms with Crippen LogP contribution in [0, 0.1) is 0 Å². The maximum absolute atomic E-state index is 4.56. The molecule has 0 amide bonds. The van der Waals surface area contributed by atoms with Crippen molar-refractivity contribution < 1.29 is 0 Å². The topological polar surface area (TPSA) is 67.3 Å². The largest absolute Gasteiger partial charge is 0.344 e. The van der Waals surface area contributed by atoms with Gasteiger partial charge in [-0.25, -0.2) is 15.0 Å². The van der Waals surface area contributed by atoms with Gasteiger partial charge in [-0.1, -0.05) is 36.4 Å². The molecule has 3 heterocycles. The number of nitrogens with zero attached hydrogens (tertiary/aromatic N) is 4. The number of imidazole rings is 1. The minimum atomic E-state index is 0.706. The molecule has 0 saturated heterocycles. The number of H-pyrrole nitrogens is 1. The Labute approximate surface area is 145 Å². The predicted octanol–water partition coefficient (Wildman–Crippen LogP) is 4.10. The smallest absolute Gasteiger partial charge is 0.159 e. The van der Waals surface area contributed by atoms with Gasteiger partial charge in [-0.3, -0.25) is 4.98 Å². The Hall–Kier alpha value is -3.60. The molecule has 0 fully saturated rings. The van der Waals surface area contributed by atoms with Gasteiger partial charge in [-0.15, -0.1) is 0 Å². The van der Waals surface area contributed by atoms with E-state index in [1.807, 2.05) is 60.8 Å². The first-order valence-electron chi connectivity index (χ1n) is 7.90. The van der Waals surface area contributed by atoms with Crippen molar-refractivity contribution in [3.63, 3.8) is 0 Å². The number of hydrogen-bond donors (Lipinski definition) is 1. The summed E-state index contributed by atoms with van der Waals surface area (Å²) in [6, 6.07) is 13.8. The van der Waals surface area contributed by atoms with Crippen LogP contribution >= 0.6 is 0 Å². The molecule has 25 heavy (non-hydrogen) atoms. The highest BCUT2D eigenvalue weighted by molar-refractivity contribution is 5.68. The second-order valence-corrected chi connectivity index (χ2v) is 5.45. The van der Waals surface area contributed by atoms with Crippen molar-refractivity contribution in [2.24, 2.45) is 0 Å². The number of aromatic amines is 1. The molecule has 5 heteroatoms. The zero-order chi connectivity index (χ0) is 16.9. The average Bonchev–Trinajstić information content (AvgIpc) is 3.17. The monoisotopic (exact) mass is 325 g/mol. The average molecular weight is 325 g/mol. The molecule has 4 aromatic rings. The van der Waals surface area contributed by atoms with Gasteiger partial charge in [0.25, 0.3) is 0 Å². The first kappa shape index (κ1) is 15.0. The molecule has 0 saturated carbocycles. The van der Waals surface area contributed by atoms with Crippen LogP contribution < -0.4 is 0 Å². The molecule has 0 radical (unpaired) electrons. The standard InChI is InChI=1S/C20H15N5/c1-2-4-16(5-3-1)20-23-12-17(13-24-20)18-14-22-19(25-18)7-6-15-8-10-21-11-9-15/h1-14H,(H,22,25). The van der Waals surface area contributed by atoms with Gasteiger partial charge in [-0.2, -0.15) is 0 Å². The summed E-state index contributed by atoms with van der Waals surface area (Å²) in [5, 5.41) is 0. The minimum absolute atomic E-state index is 0.706. The summed E-state index contributed by atoms with van der Waals surface area (Å²) in [6.07, 6.45) is 12.9. The Morgan fingerprint density at radius 1 is 0.800 bits per heavy atom. The zero-order valence-electron chi connectivity index (χ0n) is 13.4. The van der Waals surface area contributed by atoms with Crippen LogP contribution in [-0.2, 0) is 0 Å². The number of rotatable bonds is 4. The highest BCUT2D eigenvalue weighted by atomic mass is 14.9. The van der Waals surface area contributed by atoms with Gasteiger partial charge in [-0.05, 0) is 23.8 Å². The minimum Gasteiger partial charge on any atom is -0.344 e. The van der Waals surface area contributed by atoms with Crippen LogP contribution in [0.1, 0.15) is 11.4 Å². The second-order valence-electron chi connectivity index (χ2n) is 5.45. The molecule has 5 nitrogen and oxygen atoms in total. The van der Waals surface area contributed by atoms with E-state index in [1.54, 1.807) is 24.8 Å². The van der Waals surface area contributed by atoms with Crippen LogP contribution in [0.3, 0.4) is 0 Å². The molecule has 4 rings (SSSR count). The van der Waals surface area contributed by atoms with E-state index in [4.69, 9.17) is 0 Å². The first-order chi connectivity index (χ1) is 12.4. The summed E-state index contributed by atoms with van der Waals surface area (Å²) in [5.41, 5.74) is 3.76. The van der Waals surface area contributed by atoms with E-state index in [2.05, 4.69) is 24.9 Å². The fourth-order valence-electron chi connectivity index (χ4n) is 2.42. The molecule has 0 spiro atoms. The lowest BCUT2D eigenvalue weighted by Gasteiger charge is -2.00. The molecule has 1 N–H and O–H groups in total. The lowest BCUT2D eigenvalue weighted by molar-refractivity contribution is 1.17. The van der Waals surface area contributed by atoms with E-state index in [0.717, 1.165) is 28.2 Å². The maximum atomic E-state index is 4.56. The number of aromatic nitrogens is 5. The Balaban J connectivity index is 1.53. The molecule has 0 aliphatic carbocycles. The highest BCUT2D eigenvalue weighted by Gasteiger charge is 2.05. The summed E-state index contributed by atoms with van der Waals surface area (Å²) in [7, 11) is 0. The van der Waals surface area contributed by atoms with Gasteiger partial charge in [0, 0.05) is 42.1 Å².